The summed E-state index contributed by atoms with van der Waals surface area (Å²) >= 11 is 0. The fraction of sp³-hybridized carbons (Fsp3) is 0.125. The first-order chi connectivity index (χ1) is 15.0. The summed E-state index contributed by atoms with van der Waals surface area (Å²) in [4.78, 5) is 38.6. The average molecular weight is 416 g/mol. The largest absolute Gasteiger partial charge is 0.504 e. The van der Waals surface area contributed by atoms with Gasteiger partial charge in [0.15, 0.2) is 11.5 Å². The minimum atomic E-state index is -0.313. The second-order valence-corrected chi connectivity index (χ2v) is 7.13. The predicted molar refractivity (Wildman–Crippen MR) is 113 cm³/mol. The Kier molecular flexibility index (Phi) is 5.41. The van der Waals surface area contributed by atoms with Crippen LogP contribution in [0.15, 0.2) is 66.7 Å². The number of phenols is 1. The van der Waals surface area contributed by atoms with E-state index in [1.807, 2.05) is 0 Å². The van der Waals surface area contributed by atoms with Gasteiger partial charge in [0.1, 0.15) is 0 Å². The molecule has 0 radical (unpaired) electrons. The SMILES string of the molecule is COc1cc(CNC(=O)c2ccc(CN3C(=O)c4ccccc4C3=O)cc2)ccc1O. The summed E-state index contributed by atoms with van der Waals surface area (Å²) in [5.41, 5.74) is 2.81. The van der Waals surface area contributed by atoms with Gasteiger partial charge >= 0.3 is 0 Å². The van der Waals surface area contributed by atoms with Gasteiger partial charge in [-0.25, -0.2) is 0 Å². The zero-order valence-corrected chi connectivity index (χ0v) is 16.8. The van der Waals surface area contributed by atoms with Crippen molar-refractivity contribution < 1.29 is 24.2 Å². The van der Waals surface area contributed by atoms with Gasteiger partial charge in [0, 0.05) is 12.1 Å². The summed E-state index contributed by atoms with van der Waals surface area (Å²) in [6.45, 7) is 0.411. The number of aromatic hydroxyl groups is 1. The lowest BCUT2D eigenvalue weighted by molar-refractivity contribution is 0.0641. The monoisotopic (exact) mass is 416 g/mol. The number of amides is 3. The molecule has 2 N–H and O–H groups in total. The van der Waals surface area contributed by atoms with Crippen molar-refractivity contribution in [2.75, 3.05) is 7.11 Å². The number of ether oxygens (including phenoxy) is 1. The number of hydrogen-bond donors (Lipinski definition) is 2. The molecule has 0 aliphatic carbocycles. The molecule has 7 heteroatoms. The number of benzene rings is 3. The number of methoxy groups -OCH3 is 1. The molecule has 0 spiro atoms. The highest BCUT2D eigenvalue weighted by Crippen LogP contribution is 2.26. The number of hydrogen-bond acceptors (Lipinski definition) is 5. The Balaban J connectivity index is 1.39. The predicted octanol–water partition coefficient (Wildman–Crippen LogP) is 3.13. The molecule has 4 rings (SSSR count). The highest BCUT2D eigenvalue weighted by molar-refractivity contribution is 6.21. The highest BCUT2D eigenvalue weighted by Gasteiger charge is 2.34. The zero-order valence-electron chi connectivity index (χ0n) is 16.8. The van der Waals surface area contributed by atoms with Gasteiger partial charge in [-0.15, -0.1) is 0 Å². The lowest BCUT2D eigenvalue weighted by Crippen LogP contribution is -2.29. The van der Waals surface area contributed by atoms with Crippen LogP contribution >= 0.6 is 0 Å². The second kappa shape index (κ2) is 8.31. The van der Waals surface area contributed by atoms with Crippen molar-refractivity contribution in [2.24, 2.45) is 0 Å². The number of nitrogens with zero attached hydrogens (tertiary/aromatic N) is 1. The molecule has 31 heavy (non-hydrogen) atoms. The van der Waals surface area contributed by atoms with Crippen LogP contribution in [0.1, 0.15) is 42.2 Å². The Morgan fingerprint density at radius 3 is 2.16 bits per heavy atom. The first-order valence-electron chi connectivity index (χ1n) is 9.66. The third-order valence-electron chi connectivity index (χ3n) is 5.13. The minimum Gasteiger partial charge on any atom is -0.504 e. The van der Waals surface area contributed by atoms with Crippen molar-refractivity contribution in [2.45, 2.75) is 13.1 Å². The number of carbonyl (C=O) groups is 3. The molecule has 1 aliphatic heterocycles. The van der Waals surface area contributed by atoms with Crippen molar-refractivity contribution >= 4 is 17.7 Å². The molecular formula is C24H20N2O5. The fourth-order valence-electron chi connectivity index (χ4n) is 3.44. The van der Waals surface area contributed by atoms with E-state index in [4.69, 9.17) is 4.74 Å². The van der Waals surface area contributed by atoms with Crippen LogP contribution in [0.5, 0.6) is 11.5 Å². The summed E-state index contributed by atoms with van der Waals surface area (Å²) in [5, 5.41) is 12.5. The summed E-state index contributed by atoms with van der Waals surface area (Å²) in [6.07, 6.45) is 0. The van der Waals surface area contributed by atoms with Crippen LogP contribution in [0, 0.1) is 0 Å². The molecule has 0 saturated heterocycles. The van der Waals surface area contributed by atoms with E-state index < -0.39 is 0 Å². The summed E-state index contributed by atoms with van der Waals surface area (Å²) in [6, 6.07) is 18.4. The normalized spacial score (nSPS) is 12.6. The van der Waals surface area contributed by atoms with E-state index in [0.717, 1.165) is 11.1 Å². The maximum Gasteiger partial charge on any atom is 0.261 e. The number of carbonyl (C=O) groups excluding carboxylic acids is 3. The van der Waals surface area contributed by atoms with Gasteiger partial charge in [-0.05, 0) is 47.5 Å². The maximum atomic E-state index is 12.5. The third kappa shape index (κ3) is 3.98. The van der Waals surface area contributed by atoms with Crippen molar-refractivity contribution in [3.63, 3.8) is 0 Å². The highest BCUT2D eigenvalue weighted by atomic mass is 16.5. The Labute approximate surface area is 178 Å². The quantitative estimate of drug-likeness (QED) is 0.602. The van der Waals surface area contributed by atoms with E-state index in [2.05, 4.69) is 5.32 Å². The Morgan fingerprint density at radius 2 is 1.55 bits per heavy atom. The van der Waals surface area contributed by atoms with Crippen LogP contribution in [0.3, 0.4) is 0 Å². The van der Waals surface area contributed by atoms with Crippen LogP contribution in [0.4, 0.5) is 0 Å². The lowest BCUT2D eigenvalue weighted by atomic mass is 10.1. The molecular weight excluding hydrogens is 396 g/mol. The Bertz CT molecular complexity index is 1140. The van der Waals surface area contributed by atoms with E-state index in [1.54, 1.807) is 60.7 Å². The van der Waals surface area contributed by atoms with Gasteiger partial charge in [0.05, 0.1) is 24.8 Å². The number of fused-ring (bicyclic) bond motifs is 1. The molecule has 1 heterocycles. The molecule has 0 bridgehead atoms. The second-order valence-electron chi connectivity index (χ2n) is 7.13. The van der Waals surface area contributed by atoms with Crippen LogP contribution < -0.4 is 10.1 Å². The van der Waals surface area contributed by atoms with Crippen LogP contribution in [0.2, 0.25) is 0 Å². The number of phenolic OH excluding ortho intramolecular Hbond substituents is 1. The topological polar surface area (TPSA) is 95.9 Å². The van der Waals surface area contributed by atoms with Gasteiger partial charge < -0.3 is 15.2 Å². The van der Waals surface area contributed by atoms with Gasteiger partial charge in [-0.1, -0.05) is 30.3 Å². The van der Waals surface area contributed by atoms with Gasteiger partial charge in [0.2, 0.25) is 0 Å². The van der Waals surface area contributed by atoms with E-state index in [0.29, 0.717) is 22.4 Å². The van der Waals surface area contributed by atoms with Gasteiger partial charge in [-0.3, -0.25) is 19.3 Å². The standard InChI is InChI=1S/C24H20N2O5/c1-31-21-12-16(8-11-20(21)27)13-25-22(28)17-9-6-15(7-10-17)14-26-23(29)18-4-2-3-5-19(18)24(26)30/h2-12,27H,13-14H2,1H3,(H,25,28). The molecule has 0 atom stereocenters. The fourth-order valence-corrected chi connectivity index (χ4v) is 3.44. The van der Waals surface area contributed by atoms with Gasteiger partial charge in [0.25, 0.3) is 17.7 Å². The molecule has 3 aromatic carbocycles. The van der Waals surface area contributed by atoms with Crippen molar-refractivity contribution in [3.8, 4) is 11.5 Å². The molecule has 3 amide bonds. The van der Waals surface area contributed by atoms with Crippen molar-refractivity contribution in [1.29, 1.82) is 0 Å². The number of imide groups is 1. The van der Waals surface area contributed by atoms with E-state index in [9.17, 15) is 19.5 Å². The zero-order chi connectivity index (χ0) is 22.0. The number of rotatable bonds is 6. The minimum absolute atomic E-state index is 0.0335. The van der Waals surface area contributed by atoms with Crippen LogP contribution in [-0.4, -0.2) is 34.8 Å². The maximum absolute atomic E-state index is 12.5. The molecule has 0 saturated carbocycles. The lowest BCUT2D eigenvalue weighted by Gasteiger charge is -2.14. The van der Waals surface area contributed by atoms with E-state index in [-0.39, 0.29) is 36.6 Å². The van der Waals surface area contributed by atoms with Crippen molar-refractivity contribution in [3.05, 3.63) is 94.5 Å². The molecule has 0 unspecified atom stereocenters. The molecule has 0 aromatic heterocycles. The Hall–Kier alpha value is -4.13. The summed E-state index contributed by atoms with van der Waals surface area (Å²) in [5.74, 6) is -0.520. The van der Waals surface area contributed by atoms with E-state index in [1.165, 1.54) is 18.1 Å². The first-order valence-corrected chi connectivity index (χ1v) is 9.66. The molecule has 1 aliphatic rings. The molecule has 7 nitrogen and oxygen atoms in total. The van der Waals surface area contributed by atoms with Crippen LogP contribution in [0.25, 0.3) is 0 Å². The van der Waals surface area contributed by atoms with Gasteiger partial charge in [-0.2, -0.15) is 0 Å². The smallest absolute Gasteiger partial charge is 0.261 e. The average Bonchev–Trinajstić information content (AvgIpc) is 3.04. The summed E-state index contributed by atoms with van der Waals surface area (Å²) in [7, 11) is 1.46. The third-order valence-corrected chi connectivity index (χ3v) is 5.13. The van der Waals surface area contributed by atoms with Crippen molar-refractivity contribution in [1.82, 2.24) is 10.2 Å². The Morgan fingerprint density at radius 1 is 0.935 bits per heavy atom. The van der Waals surface area contributed by atoms with Crippen LogP contribution in [-0.2, 0) is 13.1 Å². The summed E-state index contributed by atoms with van der Waals surface area (Å²) < 4.78 is 5.07. The number of nitrogens with one attached hydrogen (secondary N) is 1. The molecule has 3 aromatic rings. The molecule has 156 valence electrons. The first kappa shape index (κ1) is 20.2. The molecule has 0 fully saturated rings. The van der Waals surface area contributed by atoms with E-state index >= 15 is 0 Å².